The number of hydrogen-bond acceptors (Lipinski definition) is 2. The molecule has 0 bridgehead atoms. The fourth-order valence-electron chi connectivity index (χ4n) is 2.53. The minimum atomic E-state index is -0.856. The standard InChI is InChI=1S/C18H29NO2/c1-5-6-7-15-8-10-16(11-9-15)17(20)19-13-18(4,21)12-14(2)3/h8-11,14,21H,5-7,12-13H2,1-4H3,(H,19,20). The number of aliphatic hydroxyl groups is 1. The molecule has 1 aromatic rings. The average Bonchev–Trinajstić information content (AvgIpc) is 2.42. The molecule has 3 heteroatoms. The van der Waals surface area contributed by atoms with E-state index >= 15 is 0 Å². The van der Waals surface area contributed by atoms with Crippen molar-refractivity contribution in [3.63, 3.8) is 0 Å². The van der Waals surface area contributed by atoms with Crippen molar-refractivity contribution in [2.24, 2.45) is 5.92 Å². The molecule has 0 aromatic heterocycles. The predicted molar refractivity (Wildman–Crippen MR) is 87.5 cm³/mol. The lowest BCUT2D eigenvalue weighted by Gasteiger charge is -2.25. The first-order valence-electron chi connectivity index (χ1n) is 7.93. The molecule has 118 valence electrons. The van der Waals surface area contributed by atoms with E-state index in [9.17, 15) is 9.90 Å². The van der Waals surface area contributed by atoms with Crippen LogP contribution in [0.15, 0.2) is 24.3 Å². The number of benzene rings is 1. The molecule has 0 spiro atoms. The van der Waals surface area contributed by atoms with E-state index in [1.807, 2.05) is 24.3 Å². The maximum absolute atomic E-state index is 12.1. The van der Waals surface area contributed by atoms with Crippen LogP contribution in [0.25, 0.3) is 0 Å². The number of nitrogens with one attached hydrogen (secondary N) is 1. The van der Waals surface area contributed by atoms with Gasteiger partial charge in [-0.05, 0) is 49.8 Å². The summed E-state index contributed by atoms with van der Waals surface area (Å²) in [6.45, 7) is 8.34. The molecule has 2 N–H and O–H groups in total. The Hall–Kier alpha value is -1.35. The van der Waals surface area contributed by atoms with Crippen LogP contribution >= 0.6 is 0 Å². The molecule has 0 radical (unpaired) electrons. The van der Waals surface area contributed by atoms with E-state index in [2.05, 4.69) is 26.1 Å². The van der Waals surface area contributed by atoms with E-state index < -0.39 is 5.60 Å². The Bertz CT molecular complexity index is 435. The lowest BCUT2D eigenvalue weighted by molar-refractivity contribution is 0.0368. The van der Waals surface area contributed by atoms with Crippen molar-refractivity contribution in [3.05, 3.63) is 35.4 Å². The number of carbonyl (C=O) groups is 1. The molecule has 0 fully saturated rings. The Morgan fingerprint density at radius 2 is 1.90 bits per heavy atom. The van der Waals surface area contributed by atoms with Crippen LogP contribution in [0.1, 0.15) is 62.9 Å². The highest BCUT2D eigenvalue weighted by Gasteiger charge is 2.22. The van der Waals surface area contributed by atoms with Gasteiger partial charge in [-0.2, -0.15) is 0 Å². The summed E-state index contributed by atoms with van der Waals surface area (Å²) in [6.07, 6.45) is 4.07. The average molecular weight is 291 g/mol. The topological polar surface area (TPSA) is 49.3 Å². The monoisotopic (exact) mass is 291 g/mol. The molecular formula is C18H29NO2. The second kappa shape index (κ2) is 8.18. The summed E-state index contributed by atoms with van der Waals surface area (Å²) in [7, 11) is 0. The number of aryl methyl sites for hydroxylation is 1. The van der Waals surface area contributed by atoms with Crippen molar-refractivity contribution in [2.45, 2.75) is 59.0 Å². The van der Waals surface area contributed by atoms with Crippen LogP contribution in [-0.2, 0) is 6.42 Å². The minimum Gasteiger partial charge on any atom is -0.388 e. The second-order valence-corrected chi connectivity index (χ2v) is 6.58. The van der Waals surface area contributed by atoms with Gasteiger partial charge in [0.25, 0.3) is 5.91 Å². The molecule has 0 aliphatic rings. The van der Waals surface area contributed by atoms with E-state index in [0.29, 0.717) is 17.9 Å². The molecule has 1 aromatic carbocycles. The zero-order chi connectivity index (χ0) is 15.9. The predicted octanol–water partition coefficient (Wildman–Crippen LogP) is 3.56. The number of unbranched alkanes of at least 4 members (excludes halogenated alkanes) is 1. The Morgan fingerprint density at radius 3 is 2.43 bits per heavy atom. The first kappa shape index (κ1) is 17.7. The highest BCUT2D eigenvalue weighted by atomic mass is 16.3. The summed E-state index contributed by atoms with van der Waals surface area (Å²) in [5, 5.41) is 13.0. The number of hydrogen-bond donors (Lipinski definition) is 2. The first-order valence-corrected chi connectivity index (χ1v) is 7.93. The summed E-state index contributed by atoms with van der Waals surface area (Å²) in [5.74, 6) is 0.274. The normalized spacial score (nSPS) is 14.0. The SMILES string of the molecule is CCCCc1ccc(C(=O)NCC(C)(O)CC(C)C)cc1. The van der Waals surface area contributed by atoms with E-state index in [1.54, 1.807) is 6.92 Å². The zero-order valence-electron chi connectivity index (χ0n) is 13.8. The van der Waals surface area contributed by atoms with Gasteiger partial charge in [0.15, 0.2) is 0 Å². The number of amides is 1. The largest absolute Gasteiger partial charge is 0.388 e. The summed E-state index contributed by atoms with van der Waals surface area (Å²) in [6, 6.07) is 7.74. The fraction of sp³-hybridized carbons (Fsp3) is 0.611. The second-order valence-electron chi connectivity index (χ2n) is 6.58. The molecular weight excluding hydrogens is 262 g/mol. The van der Waals surface area contributed by atoms with Crippen LogP contribution < -0.4 is 5.32 Å². The van der Waals surface area contributed by atoms with Crippen LogP contribution in [0.3, 0.4) is 0 Å². The van der Waals surface area contributed by atoms with Crippen molar-refractivity contribution < 1.29 is 9.90 Å². The van der Waals surface area contributed by atoms with Gasteiger partial charge in [0, 0.05) is 12.1 Å². The van der Waals surface area contributed by atoms with Gasteiger partial charge in [0.2, 0.25) is 0 Å². The summed E-state index contributed by atoms with van der Waals surface area (Å²) in [5.41, 5.74) is 1.06. The fourth-order valence-corrected chi connectivity index (χ4v) is 2.53. The molecule has 1 atom stereocenters. The third-order valence-corrected chi connectivity index (χ3v) is 3.51. The maximum Gasteiger partial charge on any atom is 0.251 e. The Morgan fingerprint density at radius 1 is 1.29 bits per heavy atom. The van der Waals surface area contributed by atoms with Crippen LogP contribution in [0.5, 0.6) is 0 Å². The molecule has 0 aliphatic heterocycles. The lowest BCUT2D eigenvalue weighted by atomic mass is 9.94. The molecule has 0 saturated carbocycles. The first-order chi connectivity index (χ1) is 9.84. The minimum absolute atomic E-state index is 0.124. The summed E-state index contributed by atoms with van der Waals surface area (Å²) in [4.78, 5) is 12.1. The molecule has 1 rings (SSSR count). The van der Waals surface area contributed by atoms with Crippen LogP contribution in [-0.4, -0.2) is 23.2 Å². The molecule has 0 aliphatic carbocycles. The summed E-state index contributed by atoms with van der Waals surface area (Å²) < 4.78 is 0. The number of carbonyl (C=O) groups excluding carboxylic acids is 1. The van der Waals surface area contributed by atoms with Crippen LogP contribution in [0.4, 0.5) is 0 Å². The Labute approximate surface area is 128 Å². The smallest absolute Gasteiger partial charge is 0.251 e. The maximum atomic E-state index is 12.1. The van der Waals surface area contributed by atoms with Crippen molar-refractivity contribution in [2.75, 3.05) is 6.54 Å². The van der Waals surface area contributed by atoms with E-state index in [0.717, 1.165) is 6.42 Å². The van der Waals surface area contributed by atoms with E-state index in [1.165, 1.54) is 18.4 Å². The third-order valence-electron chi connectivity index (χ3n) is 3.51. The van der Waals surface area contributed by atoms with Crippen molar-refractivity contribution in [3.8, 4) is 0 Å². The van der Waals surface area contributed by atoms with Crippen LogP contribution in [0.2, 0.25) is 0 Å². The molecule has 0 saturated heterocycles. The van der Waals surface area contributed by atoms with Gasteiger partial charge in [0.05, 0.1) is 5.60 Å². The third kappa shape index (κ3) is 6.76. The molecule has 1 amide bonds. The van der Waals surface area contributed by atoms with E-state index in [4.69, 9.17) is 0 Å². The van der Waals surface area contributed by atoms with Gasteiger partial charge in [0.1, 0.15) is 0 Å². The molecule has 3 nitrogen and oxygen atoms in total. The highest BCUT2D eigenvalue weighted by molar-refractivity contribution is 5.94. The Balaban J connectivity index is 2.52. The van der Waals surface area contributed by atoms with Gasteiger partial charge < -0.3 is 10.4 Å². The van der Waals surface area contributed by atoms with E-state index in [-0.39, 0.29) is 12.5 Å². The quantitative estimate of drug-likeness (QED) is 0.769. The van der Waals surface area contributed by atoms with Crippen molar-refractivity contribution in [1.29, 1.82) is 0 Å². The Kier molecular flexibility index (Phi) is 6.90. The molecule has 1 unspecified atom stereocenters. The van der Waals surface area contributed by atoms with Crippen molar-refractivity contribution in [1.82, 2.24) is 5.32 Å². The van der Waals surface area contributed by atoms with Gasteiger partial charge in [-0.15, -0.1) is 0 Å². The molecule has 21 heavy (non-hydrogen) atoms. The summed E-state index contributed by atoms with van der Waals surface area (Å²) >= 11 is 0. The number of rotatable bonds is 8. The molecule has 0 heterocycles. The van der Waals surface area contributed by atoms with Gasteiger partial charge in [-0.1, -0.05) is 39.3 Å². The van der Waals surface area contributed by atoms with Gasteiger partial charge in [-0.25, -0.2) is 0 Å². The lowest BCUT2D eigenvalue weighted by Crippen LogP contribution is -2.41. The highest BCUT2D eigenvalue weighted by Crippen LogP contribution is 2.15. The van der Waals surface area contributed by atoms with Gasteiger partial charge >= 0.3 is 0 Å². The zero-order valence-corrected chi connectivity index (χ0v) is 13.8. The van der Waals surface area contributed by atoms with Crippen molar-refractivity contribution >= 4 is 5.91 Å². The van der Waals surface area contributed by atoms with Crippen LogP contribution in [0, 0.1) is 5.92 Å². The van der Waals surface area contributed by atoms with Gasteiger partial charge in [-0.3, -0.25) is 4.79 Å².